The lowest BCUT2D eigenvalue weighted by Crippen LogP contribution is -2.45. The quantitative estimate of drug-likeness (QED) is 0.721. The maximum atomic E-state index is 13.2. The smallest absolute Gasteiger partial charge is 0.280 e. The Morgan fingerprint density at radius 2 is 1.88 bits per heavy atom. The van der Waals surface area contributed by atoms with Crippen LogP contribution in [0.25, 0.3) is 5.69 Å². The van der Waals surface area contributed by atoms with Crippen LogP contribution >= 0.6 is 0 Å². The zero-order valence-corrected chi connectivity index (χ0v) is 14.6. The van der Waals surface area contributed by atoms with E-state index in [0.717, 1.165) is 23.6 Å². The van der Waals surface area contributed by atoms with E-state index in [1.54, 1.807) is 6.20 Å². The van der Waals surface area contributed by atoms with Gasteiger partial charge in [0, 0.05) is 17.8 Å². The lowest BCUT2D eigenvalue weighted by atomic mass is 10.1. The Balaban J connectivity index is 1.72. The van der Waals surface area contributed by atoms with Crippen molar-refractivity contribution in [3.05, 3.63) is 60.0 Å². The van der Waals surface area contributed by atoms with Crippen LogP contribution in [-0.2, 0) is 0 Å². The van der Waals surface area contributed by atoms with Gasteiger partial charge in [-0.25, -0.2) is 9.36 Å². The van der Waals surface area contributed by atoms with Crippen LogP contribution < -0.4 is 4.90 Å². The summed E-state index contributed by atoms with van der Waals surface area (Å²) in [4.78, 5) is 15.0. The number of nitrogens with zero attached hydrogens (tertiary/aromatic N) is 5. The van der Waals surface area contributed by atoms with Crippen molar-refractivity contribution in [1.29, 1.82) is 0 Å². The van der Waals surface area contributed by atoms with Gasteiger partial charge in [0.2, 0.25) is 0 Å². The molecule has 6 nitrogen and oxygen atoms in total. The third-order valence-electron chi connectivity index (χ3n) is 4.76. The lowest BCUT2D eigenvalue weighted by Gasteiger charge is -2.36. The molecule has 0 N–H and O–H groups in total. The summed E-state index contributed by atoms with van der Waals surface area (Å²) in [5.74, 6) is 0.752. The first-order chi connectivity index (χ1) is 12.1. The summed E-state index contributed by atoms with van der Waals surface area (Å²) >= 11 is 0. The first-order valence-electron chi connectivity index (χ1n) is 8.55. The second kappa shape index (κ2) is 5.88. The van der Waals surface area contributed by atoms with Gasteiger partial charge in [0.25, 0.3) is 5.91 Å². The van der Waals surface area contributed by atoms with Crippen LogP contribution in [0.4, 0.5) is 5.82 Å². The van der Waals surface area contributed by atoms with Crippen molar-refractivity contribution in [2.24, 2.45) is 0 Å². The Morgan fingerprint density at radius 3 is 2.64 bits per heavy atom. The number of carbonyl (C=O) groups is 1. The molecule has 2 atom stereocenters. The molecule has 0 unspecified atom stereocenters. The fourth-order valence-electron chi connectivity index (χ4n) is 3.60. The number of fused-ring (bicyclic) bond motifs is 1. The summed E-state index contributed by atoms with van der Waals surface area (Å²) in [6.45, 7) is 6.16. The van der Waals surface area contributed by atoms with E-state index in [-0.39, 0.29) is 18.0 Å². The zero-order valence-electron chi connectivity index (χ0n) is 14.6. The Bertz CT molecular complexity index is 911. The van der Waals surface area contributed by atoms with Gasteiger partial charge in [-0.15, -0.1) is 0 Å². The number of rotatable bonds is 2. The van der Waals surface area contributed by atoms with E-state index < -0.39 is 0 Å². The van der Waals surface area contributed by atoms with E-state index in [0.29, 0.717) is 5.69 Å². The van der Waals surface area contributed by atoms with Crippen LogP contribution in [-0.4, -0.2) is 31.5 Å². The molecular weight excluding hydrogens is 314 g/mol. The Morgan fingerprint density at radius 1 is 1.12 bits per heavy atom. The monoisotopic (exact) mass is 335 g/mol. The fourth-order valence-corrected chi connectivity index (χ4v) is 3.60. The lowest BCUT2D eigenvalue weighted by molar-refractivity contribution is 0.0961. The molecule has 0 radical (unpaired) electrons. The van der Waals surface area contributed by atoms with Crippen LogP contribution in [0.5, 0.6) is 0 Å². The number of benzene rings is 1. The molecular formula is C19H21N5O. The average Bonchev–Trinajstić information content (AvgIpc) is 3.22. The highest BCUT2D eigenvalue weighted by Gasteiger charge is 2.34. The van der Waals surface area contributed by atoms with Crippen molar-refractivity contribution in [1.82, 2.24) is 19.6 Å². The molecule has 0 spiro atoms. The minimum absolute atomic E-state index is 0.0843. The number of amides is 1. The van der Waals surface area contributed by atoms with E-state index in [1.807, 2.05) is 63.7 Å². The minimum Gasteiger partial charge on any atom is -0.289 e. The molecule has 1 amide bonds. The van der Waals surface area contributed by atoms with Crippen molar-refractivity contribution in [3.8, 4) is 5.69 Å². The van der Waals surface area contributed by atoms with Gasteiger partial charge in [-0.1, -0.05) is 18.2 Å². The molecule has 1 aliphatic heterocycles. The molecule has 0 saturated heterocycles. The Labute approximate surface area is 146 Å². The van der Waals surface area contributed by atoms with E-state index in [2.05, 4.69) is 24.0 Å². The SMILES string of the molecule is Cc1cc(C(=O)N2c3ccnn3[C@@H](C)C[C@H]2C)nn1-c1ccccc1. The van der Waals surface area contributed by atoms with Crippen molar-refractivity contribution in [2.45, 2.75) is 39.3 Å². The van der Waals surface area contributed by atoms with Crippen molar-refractivity contribution < 1.29 is 4.79 Å². The third kappa shape index (κ3) is 2.54. The minimum atomic E-state index is -0.0843. The second-order valence-corrected chi connectivity index (χ2v) is 6.66. The van der Waals surface area contributed by atoms with E-state index in [1.165, 1.54) is 0 Å². The van der Waals surface area contributed by atoms with Crippen LogP contribution in [0.15, 0.2) is 48.7 Å². The van der Waals surface area contributed by atoms with Crippen molar-refractivity contribution >= 4 is 11.7 Å². The highest BCUT2D eigenvalue weighted by Crippen LogP contribution is 2.32. The first kappa shape index (κ1) is 15.6. The number of para-hydroxylation sites is 1. The highest BCUT2D eigenvalue weighted by molar-refractivity contribution is 6.05. The largest absolute Gasteiger partial charge is 0.289 e. The molecule has 0 bridgehead atoms. The summed E-state index contributed by atoms with van der Waals surface area (Å²) in [6.07, 6.45) is 2.62. The number of hydrogen-bond acceptors (Lipinski definition) is 3. The molecule has 0 aliphatic carbocycles. The summed E-state index contributed by atoms with van der Waals surface area (Å²) in [5.41, 5.74) is 2.33. The summed E-state index contributed by atoms with van der Waals surface area (Å²) in [6, 6.07) is 14.0. The molecule has 25 heavy (non-hydrogen) atoms. The van der Waals surface area contributed by atoms with Gasteiger partial charge in [0.05, 0.1) is 17.9 Å². The molecule has 0 fully saturated rings. The third-order valence-corrected chi connectivity index (χ3v) is 4.76. The maximum absolute atomic E-state index is 13.2. The molecule has 3 heterocycles. The van der Waals surface area contributed by atoms with Crippen LogP contribution in [0, 0.1) is 6.92 Å². The van der Waals surface area contributed by atoms with Crippen LogP contribution in [0.1, 0.15) is 42.5 Å². The number of aryl methyl sites for hydroxylation is 1. The topological polar surface area (TPSA) is 56.0 Å². The van der Waals surface area contributed by atoms with Gasteiger partial charge in [-0.3, -0.25) is 9.69 Å². The normalized spacial score (nSPS) is 19.7. The van der Waals surface area contributed by atoms with E-state index >= 15 is 0 Å². The van der Waals surface area contributed by atoms with Crippen molar-refractivity contribution in [3.63, 3.8) is 0 Å². The van der Waals surface area contributed by atoms with Gasteiger partial charge in [0.15, 0.2) is 5.69 Å². The van der Waals surface area contributed by atoms with Gasteiger partial charge < -0.3 is 0 Å². The van der Waals surface area contributed by atoms with Crippen LogP contribution in [0.2, 0.25) is 0 Å². The summed E-state index contributed by atoms with van der Waals surface area (Å²) < 4.78 is 3.72. The Kier molecular flexibility index (Phi) is 3.67. The second-order valence-electron chi connectivity index (χ2n) is 6.66. The molecule has 3 aromatic rings. The number of anilines is 1. The summed E-state index contributed by atoms with van der Waals surface area (Å²) in [5, 5.41) is 8.93. The van der Waals surface area contributed by atoms with Crippen molar-refractivity contribution in [2.75, 3.05) is 4.90 Å². The van der Waals surface area contributed by atoms with E-state index in [9.17, 15) is 4.79 Å². The standard InChI is InChI=1S/C19H21N5O/c1-13-11-14(2)24-18(9-10-20-24)22(13)19(25)17-12-15(3)23(21-17)16-7-5-4-6-8-16/h4-10,12-14H,11H2,1-3H3/t13-,14+/m1/s1. The molecule has 1 aromatic carbocycles. The predicted molar refractivity (Wildman–Crippen MR) is 96.1 cm³/mol. The highest BCUT2D eigenvalue weighted by atomic mass is 16.2. The molecule has 4 rings (SSSR count). The Hall–Kier alpha value is -2.89. The van der Waals surface area contributed by atoms with Gasteiger partial charge in [-0.2, -0.15) is 10.2 Å². The number of hydrogen-bond donors (Lipinski definition) is 0. The predicted octanol–water partition coefficient (Wildman–Crippen LogP) is 3.38. The van der Waals surface area contributed by atoms with Crippen LogP contribution in [0.3, 0.4) is 0 Å². The first-order valence-corrected chi connectivity index (χ1v) is 8.55. The molecule has 6 heteroatoms. The maximum Gasteiger partial charge on any atom is 0.280 e. The van der Waals surface area contributed by atoms with E-state index in [4.69, 9.17) is 0 Å². The number of carbonyl (C=O) groups excluding carboxylic acids is 1. The van der Waals surface area contributed by atoms with Gasteiger partial charge in [0.1, 0.15) is 5.82 Å². The molecule has 0 saturated carbocycles. The van der Waals surface area contributed by atoms with Gasteiger partial charge >= 0.3 is 0 Å². The zero-order chi connectivity index (χ0) is 17.6. The molecule has 1 aliphatic rings. The van der Waals surface area contributed by atoms with Gasteiger partial charge in [-0.05, 0) is 45.4 Å². The number of aromatic nitrogens is 4. The fraction of sp³-hybridized carbons (Fsp3) is 0.316. The molecule has 2 aromatic heterocycles. The molecule has 128 valence electrons. The average molecular weight is 335 g/mol. The summed E-state index contributed by atoms with van der Waals surface area (Å²) in [7, 11) is 0.